The Bertz CT molecular complexity index is 806. The summed E-state index contributed by atoms with van der Waals surface area (Å²) in [5.74, 6) is 0.428. The topological polar surface area (TPSA) is 46.9 Å². The summed E-state index contributed by atoms with van der Waals surface area (Å²) in [5.41, 5.74) is 5.59. The van der Waals surface area contributed by atoms with Crippen LogP contribution in [0.4, 0.5) is 5.69 Å². The second-order valence-electron chi connectivity index (χ2n) is 7.53. The number of thioether (sulfide) groups is 1. The van der Waals surface area contributed by atoms with Crippen LogP contribution < -0.4 is 5.32 Å². The SMILES string of the molecule is CCc1cccc(C)c1NC(=O)CSc1nc(C)c(C)n1C1CCCCC1. The minimum atomic E-state index is 0.0394. The molecule has 0 unspecified atom stereocenters. The Morgan fingerprint density at radius 2 is 1.96 bits per heavy atom. The van der Waals surface area contributed by atoms with Gasteiger partial charge in [0.1, 0.15) is 0 Å². The number of benzene rings is 1. The number of imidazole rings is 1. The van der Waals surface area contributed by atoms with Gasteiger partial charge in [0.15, 0.2) is 5.16 Å². The molecule has 1 aromatic heterocycles. The Morgan fingerprint density at radius 1 is 1.22 bits per heavy atom. The second-order valence-corrected chi connectivity index (χ2v) is 8.47. The molecule has 4 nitrogen and oxygen atoms in total. The summed E-state index contributed by atoms with van der Waals surface area (Å²) in [6, 6.07) is 6.71. The van der Waals surface area contributed by atoms with Crippen molar-refractivity contribution in [2.75, 3.05) is 11.1 Å². The van der Waals surface area contributed by atoms with Crippen LogP contribution in [0, 0.1) is 20.8 Å². The van der Waals surface area contributed by atoms with Crippen molar-refractivity contribution in [2.24, 2.45) is 0 Å². The van der Waals surface area contributed by atoms with E-state index in [-0.39, 0.29) is 5.91 Å². The van der Waals surface area contributed by atoms with Gasteiger partial charge >= 0.3 is 0 Å². The Kier molecular flexibility index (Phi) is 6.64. The van der Waals surface area contributed by atoms with Crippen LogP contribution in [0.15, 0.2) is 23.4 Å². The smallest absolute Gasteiger partial charge is 0.234 e. The normalized spacial score (nSPS) is 15.1. The standard InChI is InChI=1S/C22H31N3OS/c1-5-18-11-9-10-15(2)21(18)24-20(26)14-27-22-23-16(3)17(4)25(22)19-12-7-6-8-13-19/h9-11,19H,5-8,12-14H2,1-4H3,(H,24,26). The largest absolute Gasteiger partial charge is 0.325 e. The molecule has 0 saturated heterocycles. The fourth-order valence-electron chi connectivity index (χ4n) is 3.97. The van der Waals surface area contributed by atoms with E-state index < -0.39 is 0 Å². The van der Waals surface area contributed by atoms with Crippen molar-refractivity contribution in [3.8, 4) is 0 Å². The predicted molar refractivity (Wildman–Crippen MR) is 114 cm³/mol. The number of hydrogen-bond donors (Lipinski definition) is 1. The molecule has 5 heteroatoms. The number of para-hydroxylation sites is 1. The number of nitrogens with one attached hydrogen (secondary N) is 1. The van der Waals surface area contributed by atoms with Crippen LogP contribution in [-0.2, 0) is 11.2 Å². The maximum Gasteiger partial charge on any atom is 0.234 e. The number of aromatic nitrogens is 2. The summed E-state index contributed by atoms with van der Waals surface area (Å²) in [5, 5.41) is 4.12. The number of rotatable bonds is 6. The highest BCUT2D eigenvalue weighted by Crippen LogP contribution is 2.34. The van der Waals surface area contributed by atoms with E-state index in [4.69, 9.17) is 4.98 Å². The molecule has 1 saturated carbocycles. The first-order valence-electron chi connectivity index (χ1n) is 10.1. The number of carbonyl (C=O) groups excluding carboxylic acids is 1. The molecule has 1 aliphatic carbocycles. The minimum Gasteiger partial charge on any atom is -0.325 e. The quantitative estimate of drug-likeness (QED) is 0.658. The Balaban J connectivity index is 1.70. The fraction of sp³-hybridized carbons (Fsp3) is 0.545. The molecule has 0 spiro atoms. The number of anilines is 1. The minimum absolute atomic E-state index is 0.0394. The highest BCUT2D eigenvalue weighted by molar-refractivity contribution is 7.99. The highest BCUT2D eigenvalue weighted by atomic mass is 32.2. The molecule has 3 rings (SSSR count). The van der Waals surface area contributed by atoms with Gasteiger partial charge in [0.25, 0.3) is 0 Å². The average Bonchev–Trinajstić information content (AvgIpc) is 2.96. The van der Waals surface area contributed by atoms with E-state index in [1.54, 1.807) is 11.8 Å². The van der Waals surface area contributed by atoms with E-state index in [0.29, 0.717) is 11.8 Å². The van der Waals surface area contributed by atoms with E-state index in [1.807, 2.05) is 19.1 Å². The lowest BCUT2D eigenvalue weighted by Crippen LogP contribution is -2.18. The van der Waals surface area contributed by atoms with Crippen molar-refractivity contribution in [1.29, 1.82) is 0 Å². The van der Waals surface area contributed by atoms with E-state index in [2.05, 4.69) is 36.7 Å². The first-order valence-corrected chi connectivity index (χ1v) is 11.1. The van der Waals surface area contributed by atoms with Gasteiger partial charge in [-0.1, -0.05) is 56.1 Å². The Labute approximate surface area is 167 Å². The van der Waals surface area contributed by atoms with Crippen LogP contribution in [0.1, 0.15) is 67.6 Å². The van der Waals surface area contributed by atoms with Gasteiger partial charge < -0.3 is 9.88 Å². The molecule has 1 aromatic carbocycles. The lowest BCUT2D eigenvalue weighted by molar-refractivity contribution is -0.113. The van der Waals surface area contributed by atoms with E-state index in [1.165, 1.54) is 43.4 Å². The second kappa shape index (κ2) is 8.96. The molecule has 0 aliphatic heterocycles. The van der Waals surface area contributed by atoms with Crippen LogP contribution in [0.2, 0.25) is 0 Å². The lowest BCUT2D eigenvalue weighted by Gasteiger charge is -2.26. The summed E-state index contributed by atoms with van der Waals surface area (Å²) in [6.07, 6.45) is 7.27. The van der Waals surface area contributed by atoms with Crippen LogP contribution in [-0.4, -0.2) is 21.2 Å². The van der Waals surface area contributed by atoms with E-state index in [9.17, 15) is 4.79 Å². The monoisotopic (exact) mass is 385 g/mol. The summed E-state index contributed by atoms with van der Waals surface area (Å²) in [4.78, 5) is 17.4. The number of aryl methyl sites for hydroxylation is 3. The van der Waals surface area contributed by atoms with E-state index in [0.717, 1.165) is 28.5 Å². The summed E-state index contributed by atoms with van der Waals surface area (Å²) in [6.45, 7) is 8.39. The van der Waals surface area contributed by atoms with Crippen LogP contribution >= 0.6 is 11.8 Å². The maximum atomic E-state index is 12.6. The number of hydrogen-bond acceptors (Lipinski definition) is 3. The Morgan fingerprint density at radius 3 is 2.67 bits per heavy atom. The molecule has 1 amide bonds. The van der Waals surface area contributed by atoms with Crippen molar-refractivity contribution in [3.05, 3.63) is 40.7 Å². The zero-order chi connectivity index (χ0) is 19.4. The molecule has 1 N–H and O–H groups in total. The summed E-state index contributed by atoms with van der Waals surface area (Å²) < 4.78 is 2.39. The molecule has 1 fully saturated rings. The molecular weight excluding hydrogens is 354 g/mol. The molecule has 27 heavy (non-hydrogen) atoms. The molecule has 0 atom stereocenters. The molecular formula is C22H31N3OS. The van der Waals surface area contributed by atoms with Crippen molar-refractivity contribution in [3.63, 3.8) is 0 Å². The van der Waals surface area contributed by atoms with Gasteiger partial charge in [0.05, 0.1) is 11.4 Å². The molecule has 0 radical (unpaired) electrons. The molecule has 2 aromatic rings. The van der Waals surface area contributed by atoms with Crippen LogP contribution in [0.5, 0.6) is 0 Å². The first kappa shape index (κ1) is 20.0. The third-order valence-electron chi connectivity index (χ3n) is 5.63. The van der Waals surface area contributed by atoms with Crippen LogP contribution in [0.3, 0.4) is 0 Å². The molecule has 0 bridgehead atoms. The molecule has 1 aliphatic rings. The maximum absolute atomic E-state index is 12.6. The third-order valence-corrected chi connectivity index (χ3v) is 6.58. The number of nitrogens with zero attached hydrogens (tertiary/aromatic N) is 2. The molecule has 146 valence electrons. The summed E-state index contributed by atoms with van der Waals surface area (Å²) >= 11 is 1.56. The number of amides is 1. The molecule has 1 heterocycles. The van der Waals surface area contributed by atoms with Crippen molar-refractivity contribution in [2.45, 2.75) is 77.4 Å². The van der Waals surface area contributed by atoms with Crippen LogP contribution in [0.25, 0.3) is 0 Å². The summed E-state index contributed by atoms with van der Waals surface area (Å²) in [7, 11) is 0. The van der Waals surface area contributed by atoms with Crippen molar-refractivity contribution in [1.82, 2.24) is 9.55 Å². The van der Waals surface area contributed by atoms with Crippen molar-refractivity contribution < 1.29 is 4.79 Å². The fourth-order valence-corrected chi connectivity index (χ4v) is 4.93. The average molecular weight is 386 g/mol. The zero-order valence-corrected chi connectivity index (χ0v) is 17.8. The van der Waals surface area contributed by atoms with Crippen molar-refractivity contribution >= 4 is 23.4 Å². The first-order chi connectivity index (χ1) is 13.0. The number of carbonyl (C=O) groups is 1. The van der Waals surface area contributed by atoms with E-state index >= 15 is 0 Å². The van der Waals surface area contributed by atoms with Gasteiger partial charge in [0.2, 0.25) is 5.91 Å². The zero-order valence-electron chi connectivity index (χ0n) is 17.0. The van der Waals surface area contributed by atoms with Gasteiger partial charge in [-0.25, -0.2) is 4.98 Å². The van der Waals surface area contributed by atoms with Gasteiger partial charge in [-0.3, -0.25) is 4.79 Å². The highest BCUT2D eigenvalue weighted by Gasteiger charge is 2.22. The lowest BCUT2D eigenvalue weighted by atomic mass is 9.95. The van der Waals surface area contributed by atoms with Gasteiger partial charge in [-0.2, -0.15) is 0 Å². The third kappa shape index (κ3) is 4.57. The van der Waals surface area contributed by atoms with Gasteiger partial charge in [-0.15, -0.1) is 0 Å². The Hall–Kier alpha value is -1.75. The van der Waals surface area contributed by atoms with Gasteiger partial charge in [-0.05, 0) is 51.2 Å². The van der Waals surface area contributed by atoms with Gasteiger partial charge in [0, 0.05) is 17.4 Å². The predicted octanol–water partition coefficient (Wildman–Crippen LogP) is 5.61.